The molecule has 5 nitrogen and oxygen atoms in total. The third kappa shape index (κ3) is 3.33. The van der Waals surface area contributed by atoms with Crippen LogP contribution in [0.4, 0.5) is 0 Å². The summed E-state index contributed by atoms with van der Waals surface area (Å²) in [5, 5.41) is 30.7. The van der Waals surface area contributed by atoms with Crippen molar-refractivity contribution in [1.82, 2.24) is 5.32 Å². The van der Waals surface area contributed by atoms with Gasteiger partial charge in [0, 0.05) is 3.57 Å². The maximum Gasteiger partial charge on any atom is 0.255 e. The molecule has 0 unspecified atom stereocenters. The molecule has 1 rings (SSSR count). The molecule has 0 saturated carbocycles. The van der Waals surface area contributed by atoms with Crippen molar-refractivity contribution in [1.29, 1.82) is 0 Å². The maximum atomic E-state index is 12.0. The van der Waals surface area contributed by atoms with E-state index in [0.717, 1.165) is 3.57 Å². The normalized spacial score (nSPS) is 11.3. The lowest BCUT2D eigenvalue weighted by atomic mass is 9.97. The molecule has 0 bridgehead atoms. The van der Waals surface area contributed by atoms with Crippen molar-refractivity contribution in [2.24, 2.45) is 0 Å². The molecule has 4 N–H and O–H groups in total. The second-order valence-corrected chi connectivity index (χ2v) is 5.31. The first kappa shape index (κ1) is 15.2. The molecule has 0 fully saturated rings. The summed E-state index contributed by atoms with van der Waals surface area (Å²) in [7, 11) is 0. The van der Waals surface area contributed by atoms with Gasteiger partial charge in [0.15, 0.2) is 0 Å². The first-order valence-electron chi connectivity index (χ1n) is 5.50. The Hall–Kier alpha value is -0.860. The lowest BCUT2D eigenvalue weighted by Gasteiger charge is -2.29. The zero-order valence-corrected chi connectivity index (χ0v) is 12.1. The SMILES string of the molecule is CCC(CO)(CO)NC(=O)c1cc(I)ccc1O. The number of phenolic OH excluding ortho intramolecular Hbond substituents is 1. The molecule has 0 aliphatic carbocycles. The predicted molar refractivity (Wildman–Crippen MR) is 75.5 cm³/mol. The number of halogens is 1. The molecule has 100 valence electrons. The van der Waals surface area contributed by atoms with Crippen LogP contribution < -0.4 is 5.32 Å². The van der Waals surface area contributed by atoms with Crippen LogP contribution in [0.1, 0.15) is 23.7 Å². The molecule has 0 saturated heterocycles. The van der Waals surface area contributed by atoms with E-state index in [2.05, 4.69) is 5.32 Å². The van der Waals surface area contributed by atoms with Crippen LogP contribution in [0.2, 0.25) is 0 Å². The summed E-state index contributed by atoms with van der Waals surface area (Å²) in [6.07, 6.45) is 0.385. The summed E-state index contributed by atoms with van der Waals surface area (Å²) < 4.78 is 0.811. The lowest BCUT2D eigenvalue weighted by Crippen LogP contribution is -2.53. The minimum atomic E-state index is -1.06. The molecule has 0 aliphatic rings. The van der Waals surface area contributed by atoms with E-state index in [1.54, 1.807) is 19.1 Å². The number of aromatic hydroxyl groups is 1. The van der Waals surface area contributed by atoms with Gasteiger partial charge >= 0.3 is 0 Å². The second kappa shape index (κ2) is 6.35. The van der Waals surface area contributed by atoms with Gasteiger partial charge in [0.05, 0.1) is 24.3 Å². The molecule has 0 spiro atoms. The summed E-state index contributed by atoms with van der Waals surface area (Å²) in [4.78, 5) is 12.0. The highest BCUT2D eigenvalue weighted by Gasteiger charge is 2.29. The lowest BCUT2D eigenvalue weighted by molar-refractivity contribution is 0.0651. The van der Waals surface area contributed by atoms with Gasteiger partial charge in [-0.2, -0.15) is 0 Å². The molecular weight excluding hydrogens is 349 g/mol. The van der Waals surface area contributed by atoms with Crippen LogP contribution in [0.25, 0.3) is 0 Å². The fraction of sp³-hybridized carbons (Fsp3) is 0.417. The predicted octanol–water partition coefficient (Wildman–Crippen LogP) is 0.860. The number of hydrogen-bond acceptors (Lipinski definition) is 4. The summed E-state index contributed by atoms with van der Waals surface area (Å²) in [5.41, 5.74) is -0.938. The van der Waals surface area contributed by atoms with Gasteiger partial charge in [0.2, 0.25) is 0 Å². The zero-order valence-electron chi connectivity index (χ0n) is 9.98. The van der Waals surface area contributed by atoms with Gasteiger partial charge in [0.25, 0.3) is 5.91 Å². The second-order valence-electron chi connectivity index (χ2n) is 4.07. The van der Waals surface area contributed by atoms with Crippen molar-refractivity contribution in [3.63, 3.8) is 0 Å². The average molecular weight is 365 g/mol. The largest absolute Gasteiger partial charge is 0.507 e. The first-order valence-corrected chi connectivity index (χ1v) is 6.58. The third-order valence-electron chi connectivity index (χ3n) is 2.86. The highest BCUT2D eigenvalue weighted by atomic mass is 127. The van der Waals surface area contributed by atoms with Crippen molar-refractivity contribution in [2.75, 3.05) is 13.2 Å². The fourth-order valence-electron chi connectivity index (χ4n) is 1.44. The Morgan fingerprint density at radius 1 is 1.39 bits per heavy atom. The Balaban J connectivity index is 2.97. The standard InChI is InChI=1S/C12H16INO4/c1-2-12(6-15,7-16)14-11(18)9-5-8(13)3-4-10(9)17/h3-5,15-17H,2,6-7H2,1H3,(H,14,18). The van der Waals surface area contributed by atoms with Crippen LogP contribution in [0.3, 0.4) is 0 Å². The van der Waals surface area contributed by atoms with Crippen LogP contribution in [0, 0.1) is 3.57 Å². The van der Waals surface area contributed by atoms with Gasteiger partial charge in [-0.05, 0) is 47.2 Å². The van der Waals surface area contributed by atoms with Crippen molar-refractivity contribution in [3.8, 4) is 5.75 Å². The number of aliphatic hydroxyl groups excluding tert-OH is 2. The van der Waals surface area contributed by atoms with E-state index in [1.165, 1.54) is 6.07 Å². The molecule has 0 aliphatic heterocycles. The zero-order chi connectivity index (χ0) is 13.8. The van der Waals surface area contributed by atoms with Gasteiger partial charge in [-0.15, -0.1) is 0 Å². The molecule has 0 heterocycles. The Morgan fingerprint density at radius 2 is 2.00 bits per heavy atom. The summed E-state index contributed by atoms with van der Waals surface area (Å²) in [5.74, 6) is -0.648. The Bertz CT molecular complexity index is 424. The van der Waals surface area contributed by atoms with Crippen molar-refractivity contribution in [2.45, 2.75) is 18.9 Å². The number of nitrogens with one attached hydrogen (secondary N) is 1. The number of aliphatic hydroxyl groups is 2. The van der Waals surface area contributed by atoms with E-state index in [4.69, 9.17) is 0 Å². The molecule has 0 radical (unpaired) electrons. The van der Waals surface area contributed by atoms with Crippen molar-refractivity contribution >= 4 is 28.5 Å². The number of benzene rings is 1. The highest BCUT2D eigenvalue weighted by molar-refractivity contribution is 14.1. The van der Waals surface area contributed by atoms with Crippen LogP contribution in [-0.2, 0) is 0 Å². The monoisotopic (exact) mass is 365 g/mol. The van der Waals surface area contributed by atoms with E-state index in [9.17, 15) is 20.1 Å². The Kier molecular flexibility index (Phi) is 5.36. The minimum Gasteiger partial charge on any atom is -0.507 e. The number of phenols is 1. The van der Waals surface area contributed by atoms with E-state index >= 15 is 0 Å². The van der Waals surface area contributed by atoms with Gasteiger partial charge in [0.1, 0.15) is 5.75 Å². The minimum absolute atomic E-state index is 0.127. The number of carbonyl (C=O) groups excluding carboxylic acids is 1. The molecule has 0 atom stereocenters. The van der Waals surface area contributed by atoms with E-state index < -0.39 is 11.4 Å². The van der Waals surface area contributed by atoms with Gasteiger partial charge < -0.3 is 20.6 Å². The smallest absolute Gasteiger partial charge is 0.255 e. The maximum absolute atomic E-state index is 12.0. The van der Waals surface area contributed by atoms with Crippen LogP contribution >= 0.6 is 22.6 Å². The van der Waals surface area contributed by atoms with Crippen molar-refractivity contribution in [3.05, 3.63) is 27.3 Å². The van der Waals surface area contributed by atoms with Crippen LogP contribution in [0.15, 0.2) is 18.2 Å². The first-order chi connectivity index (χ1) is 8.48. The number of hydrogen-bond donors (Lipinski definition) is 4. The summed E-state index contributed by atoms with van der Waals surface area (Å²) in [6, 6.07) is 4.65. The van der Waals surface area contributed by atoms with Crippen LogP contribution in [-0.4, -0.2) is 40.0 Å². The Labute approximate surface area is 119 Å². The molecule has 0 aromatic heterocycles. The molecule has 18 heavy (non-hydrogen) atoms. The number of amides is 1. The van der Waals surface area contributed by atoms with Gasteiger partial charge in [-0.3, -0.25) is 4.79 Å². The Morgan fingerprint density at radius 3 is 2.50 bits per heavy atom. The third-order valence-corrected chi connectivity index (χ3v) is 3.54. The number of rotatable bonds is 5. The topological polar surface area (TPSA) is 89.8 Å². The fourth-order valence-corrected chi connectivity index (χ4v) is 1.93. The quantitative estimate of drug-likeness (QED) is 0.583. The van der Waals surface area contributed by atoms with Gasteiger partial charge in [-0.25, -0.2) is 0 Å². The van der Waals surface area contributed by atoms with E-state index in [1.807, 2.05) is 22.6 Å². The molecule has 6 heteroatoms. The molecule has 1 aromatic rings. The molecule has 1 aromatic carbocycles. The summed E-state index contributed by atoms with van der Waals surface area (Å²) >= 11 is 2.03. The van der Waals surface area contributed by atoms with Gasteiger partial charge in [-0.1, -0.05) is 6.92 Å². The molecular formula is C12H16INO4. The number of carbonyl (C=O) groups is 1. The average Bonchev–Trinajstić information content (AvgIpc) is 2.38. The highest BCUT2D eigenvalue weighted by Crippen LogP contribution is 2.21. The van der Waals surface area contributed by atoms with E-state index in [0.29, 0.717) is 6.42 Å². The summed E-state index contributed by atoms with van der Waals surface area (Å²) in [6.45, 7) is 1.02. The van der Waals surface area contributed by atoms with Crippen LogP contribution in [0.5, 0.6) is 5.75 Å². The molecule has 1 amide bonds. The van der Waals surface area contributed by atoms with E-state index in [-0.39, 0.29) is 24.5 Å². The van der Waals surface area contributed by atoms with Crippen molar-refractivity contribution < 1.29 is 20.1 Å².